The van der Waals surface area contributed by atoms with Gasteiger partial charge in [0.25, 0.3) is 0 Å². The number of carbonyl (C=O) groups is 2. The van der Waals surface area contributed by atoms with E-state index in [9.17, 15) is 9.59 Å². The SMILES string of the molecule is CCCCCCCCC(=O)OCCOCCOCCOCCOCCOC(=O)CCCCC. The Morgan fingerprint density at radius 3 is 1.15 bits per heavy atom. The van der Waals surface area contributed by atoms with Crippen molar-refractivity contribution in [3.05, 3.63) is 0 Å². The summed E-state index contributed by atoms with van der Waals surface area (Å²) in [4.78, 5) is 23.0. The molecule has 0 aromatic rings. The lowest BCUT2D eigenvalue weighted by atomic mass is 10.1. The minimum absolute atomic E-state index is 0.144. The van der Waals surface area contributed by atoms with Crippen LogP contribution in [0.25, 0.3) is 0 Å². The molecule has 0 atom stereocenters. The van der Waals surface area contributed by atoms with Crippen molar-refractivity contribution in [1.29, 1.82) is 0 Å². The Morgan fingerprint density at radius 1 is 0.424 bits per heavy atom. The van der Waals surface area contributed by atoms with Crippen LogP contribution in [0.4, 0.5) is 0 Å². The van der Waals surface area contributed by atoms with E-state index in [-0.39, 0.29) is 25.2 Å². The van der Waals surface area contributed by atoms with Gasteiger partial charge in [0.15, 0.2) is 0 Å². The maximum atomic E-state index is 11.6. The Bertz CT molecular complexity index is 431. The predicted octanol–water partition coefficient (Wildman–Crippen LogP) is 4.47. The monoisotopic (exact) mass is 476 g/mol. The molecule has 0 aromatic carbocycles. The minimum atomic E-state index is -0.158. The molecular formula is C25H48O8. The smallest absolute Gasteiger partial charge is 0.305 e. The van der Waals surface area contributed by atoms with E-state index in [1.165, 1.54) is 25.7 Å². The highest BCUT2D eigenvalue weighted by atomic mass is 16.6. The lowest BCUT2D eigenvalue weighted by molar-refractivity contribution is -0.146. The van der Waals surface area contributed by atoms with Crippen LogP contribution in [0.3, 0.4) is 0 Å². The molecule has 0 N–H and O–H groups in total. The average molecular weight is 477 g/mol. The molecule has 8 heteroatoms. The standard InChI is InChI=1S/C25H48O8/c1-3-5-7-8-9-11-13-25(27)33-23-21-31-19-17-29-15-14-28-16-18-30-20-22-32-24(26)12-10-6-4-2/h3-23H2,1-2H3. The van der Waals surface area contributed by atoms with Crippen LogP contribution < -0.4 is 0 Å². The van der Waals surface area contributed by atoms with Crippen molar-refractivity contribution in [2.75, 3.05) is 66.1 Å². The van der Waals surface area contributed by atoms with E-state index in [4.69, 9.17) is 28.4 Å². The average Bonchev–Trinajstić information content (AvgIpc) is 2.81. The normalized spacial score (nSPS) is 11.0. The van der Waals surface area contributed by atoms with Crippen LogP contribution >= 0.6 is 0 Å². The Morgan fingerprint density at radius 2 is 0.727 bits per heavy atom. The van der Waals surface area contributed by atoms with E-state index in [1.807, 2.05) is 0 Å². The molecule has 196 valence electrons. The van der Waals surface area contributed by atoms with Crippen molar-refractivity contribution in [3.63, 3.8) is 0 Å². The highest BCUT2D eigenvalue weighted by Gasteiger charge is 2.03. The molecule has 0 heterocycles. The summed E-state index contributed by atoms with van der Waals surface area (Å²) in [6.07, 6.45) is 10.9. The molecule has 0 fully saturated rings. The molecule has 0 aliphatic carbocycles. The molecule has 0 bridgehead atoms. The summed E-state index contributed by atoms with van der Waals surface area (Å²) >= 11 is 0. The molecule has 33 heavy (non-hydrogen) atoms. The fraction of sp³-hybridized carbons (Fsp3) is 0.920. The topological polar surface area (TPSA) is 89.5 Å². The number of rotatable bonds is 26. The van der Waals surface area contributed by atoms with E-state index < -0.39 is 0 Å². The molecule has 0 spiro atoms. The maximum absolute atomic E-state index is 11.6. The number of hydrogen-bond donors (Lipinski definition) is 0. The van der Waals surface area contributed by atoms with Gasteiger partial charge in [-0.1, -0.05) is 58.8 Å². The van der Waals surface area contributed by atoms with Crippen LogP contribution in [0.5, 0.6) is 0 Å². The van der Waals surface area contributed by atoms with Gasteiger partial charge in [-0.3, -0.25) is 9.59 Å². The zero-order valence-electron chi connectivity index (χ0n) is 21.1. The molecule has 0 aliphatic heterocycles. The van der Waals surface area contributed by atoms with Crippen molar-refractivity contribution in [3.8, 4) is 0 Å². The van der Waals surface area contributed by atoms with Gasteiger partial charge in [0.1, 0.15) is 13.2 Å². The maximum Gasteiger partial charge on any atom is 0.305 e. The van der Waals surface area contributed by atoms with Crippen molar-refractivity contribution in [1.82, 2.24) is 0 Å². The molecule has 0 aromatic heterocycles. The zero-order chi connectivity index (χ0) is 24.2. The highest BCUT2D eigenvalue weighted by Crippen LogP contribution is 2.07. The van der Waals surface area contributed by atoms with Gasteiger partial charge >= 0.3 is 11.9 Å². The summed E-state index contributed by atoms with van der Waals surface area (Å²) in [6, 6.07) is 0. The summed E-state index contributed by atoms with van der Waals surface area (Å²) in [5.74, 6) is -0.302. The van der Waals surface area contributed by atoms with Gasteiger partial charge in [-0.15, -0.1) is 0 Å². The van der Waals surface area contributed by atoms with Gasteiger partial charge in [-0.2, -0.15) is 0 Å². The van der Waals surface area contributed by atoms with Gasteiger partial charge in [0.2, 0.25) is 0 Å². The zero-order valence-corrected chi connectivity index (χ0v) is 21.1. The largest absolute Gasteiger partial charge is 0.463 e. The highest BCUT2D eigenvalue weighted by molar-refractivity contribution is 5.69. The van der Waals surface area contributed by atoms with E-state index >= 15 is 0 Å². The first-order chi connectivity index (χ1) is 16.2. The summed E-state index contributed by atoms with van der Waals surface area (Å²) in [5.41, 5.74) is 0. The molecule has 0 saturated carbocycles. The summed E-state index contributed by atoms with van der Waals surface area (Å²) in [7, 11) is 0. The van der Waals surface area contributed by atoms with E-state index in [1.54, 1.807) is 0 Å². The lowest BCUT2D eigenvalue weighted by Crippen LogP contribution is -2.15. The molecule has 0 aliphatic rings. The van der Waals surface area contributed by atoms with Crippen LogP contribution in [-0.2, 0) is 38.0 Å². The predicted molar refractivity (Wildman–Crippen MR) is 127 cm³/mol. The van der Waals surface area contributed by atoms with Crippen molar-refractivity contribution < 1.29 is 38.0 Å². The molecule has 0 radical (unpaired) electrons. The summed E-state index contributed by atoms with van der Waals surface area (Å²) < 4.78 is 31.8. The van der Waals surface area contributed by atoms with E-state index in [2.05, 4.69) is 13.8 Å². The van der Waals surface area contributed by atoms with Gasteiger partial charge in [0, 0.05) is 12.8 Å². The van der Waals surface area contributed by atoms with Gasteiger partial charge < -0.3 is 28.4 Å². The van der Waals surface area contributed by atoms with Crippen LogP contribution in [0.15, 0.2) is 0 Å². The first-order valence-electron chi connectivity index (χ1n) is 12.8. The summed E-state index contributed by atoms with van der Waals surface area (Å²) in [6.45, 7) is 8.43. The number of carbonyl (C=O) groups excluding carboxylic acids is 2. The molecule has 0 unspecified atom stereocenters. The number of hydrogen-bond acceptors (Lipinski definition) is 8. The van der Waals surface area contributed by atoms with Crippen LogP contribution in [0.2, 0.25) is 0 Å². The molecule has 8 nitrogen and oxygen atoms in total. The number of ether oxygens (including phenoxy) is 6. The van der Waals surface area contributed by atoms with Crippen molar-refractivity contribution in [2.45, 2.75) is 84.5 Å². The Kier molecular flexibility index (Phi) is 26.0. The second-order valence-corrected chi connectivity index (χ2v) is 7.87. The van der Waals surface area contributed by atoms with Gasteiger partial charge in [-0.25, -0.2) is 0 Å². The Balaban J connectivity index is 3.16. The fourth-order valence-electron chi connectivity index (χ4n) is 2.90. The van der Waals surface area contributed by atoms with E-state index in [0.29, 0.717) is 65.7 Å². The third kappa shape index (κ3) is 26.9. The minimum Gasteiger partial charge on any atom is -0.463 e. The quantitative estimate of drug-likeness (QED) is 0.133. The fourth-order valence-corrected chi connectivity index (χ4v) is 2.90. The van der Waals surface area contributed by atoms with Gasteiger partial charge in [0.05, 0.1) is 52.9 Å². The summed E-state index contributed by atoms with van der Waals surface area (Å²) in [5, 5.41) is 0. The van der Waals surface area contributed by atoms with Crippen molar-refractivity contribution >= 4 is 11.9 Å². The third-order valence-corrected chi connectivity index (χ3v) is 4.82. The lowest BCUT2D eigenvalue weighted by Gasteiger charge is -2.08. The molecule has 0 saturated heterocycles. The number of unbranched alkanes of at least 4 members (excludes halogenated alkanes) is 7. The second kappa shape index (κ2) is 27.0. The number of esters is 2. The van der Waals surface area contributed by atoms with Crippen LogP contribution in [0, 0.1) is 0 Å². The van der Waals surface area contributed by atoms with Crippen LogP contribution in [-0.4, -0.2) is 78.0 Å². The molecule has 0 rings (SSSR count). The Labute approximate surface area is 201 Å². The van der Waals surface area contributed by atoms with E-state index in [0.717, 1.165) is 32.1 Å². The van der Waals surface area contributed by atoms with Crippen LogP contribution in [0.1, 0.15) is 84.5 Å². The Hall–Kier alpha value is -1.22. The molecule has 0 amide bonds. The first-order valence-corrected chi connectivity index (χ1v) is 12.8. The second-order valence-electron chi connectivity index (χ2n) is 7.87. The first kappa shape index (κ1) is 31.8. The van der Waals surface area contributed by atoms with Crippen molar-refractivity contribution in [2.24, 2.45) is 0 Å². The van der Waals surface area contributed by atoms with Gasteiger partial charge in [-0.05, 0) is 12.8 Å². The molecular weight excluding hydrogens is 428 g/mol. The third-order valence-electron chi connectivity index (χ3n) is 4.82.